The number of hydrogen-bond donors (Lipinski definition) is 0. The first-order valence-electron chi connectivity index (χ1n) is 38.9. The average Bonchev–Trinajstić information content (AvgIpc) is 0.840. The monoisotopic (exact) mass is 1510 g/mol. The van der Waals surface area contributed by atoms with Gasteiger partial charge >= 0.3 is 5.97 Å². The molecule has 1 spiro atoms. The number of esters is 1. The summed E-state index contributed by atoms with van der Waals surface area (Å²) in [5.41, 5.74) is 2.00. The third kappa shape index (κ3) is 17.9. The normalized spacial score (nSPS) is 26.7. The van der Waals surface area contributed by atoms with Gasteiger partial charge in [0.1, 0.15) is 24.6 Å². The Bertz CT molecular complexity index is 3990. The molecule has 0 aliphatic carbocycles. The van der Waals surface area contributed by atoms with E-state index in [-0.39, 0.29) is 69.6 Å². The number of benzene rings is 8. The summed E-state index contributed by atoms with van der Waals surface area (Å²) in [5, 5.41) is 6.72. The van der Waals surface area contributed by atoms with Crippen LogP contribution in [-0.4, -0.2) is 121 Å². The number of carbonyl (C=O) groups is 1. The van der Waals surface area contributed by atoms with E-state index in [9.17, 15) is 0 Å². The zero-order valence-electron chi connectivity index (χ0n) is 65.2. The molecule has 568 valence electrons. The Hall–Kier alpha value is -5.52. The average molecular weight is 1510 g/mol. The molecule has 106 heavy (non-hydrogen) atoms. The molecule has 0 N–H and O–H groups in total. The molecule has 0 amide bonds. The van der Waals surface area contributed by atoms with Crippen molar-refractivity contribution in [1.82, 2.24) is 0 Å². The van der Waals surface area contributed by atoms with Crippen LogP contribution in [0.15, 0.2) is 216 Å². The van der Waals surface area contributed by atoms with E-state index in [1.807, 2.05) is 30.4 Å². The van der Waals surface area contributed by atoms with E-state index in [1.54, 1.807) is 7.11 Å². The van der Waals surface area contributed by atoms with Crippen LogP contribution in [0.2, 0.25) is 21.7 Å². The highest BCUT2D eigenvalue weighted by molar-refractivity contribution is 8.17. The standard InChI is InChI=1S/C90H116O12S2Si2/c1-60(2)105(61(3)4,62(5)6)102-82-52-79-81(100-89(82,14)58-97-106(88(11,12)13,76-40-24-18-25-41-76)77-42-26-19-27-43-77)49-63(7)48-78(80(98-79)53-83(103-74-36-20-16-21-37-74)104-75-38-22-17-23-39-75)99-87(91)65(9)85(94-56-68-45-47-70-33-29-31-35-72(70)51-68)86-84(95-59-92-15)64(8)66(10)90(101-86)54-73(57-96-90)93-55-67-44-46-69-32-28-30-34-71(69)50-67/h16-47,50-51,60-66,73,78-86H,48-49,52-59H2,1-15H3/t63-,64+,65+,66+,73+,78+,79+,80-,81-,82-,84-,85+,86-,89+,90-/m1/s1. The molecule has 0 unspecified atom stereocenters. The van der Waals surface area contributed by atoms with Crippen molar-refractivity contribution in [2.75, 3.05) is 27.1 Å². The van der Waals surface area contributed by atoms with E-state index in [0.717, 1.165) is 31.7 Å². The van der Waals surface area contributed by atoms with Crippen LogP contribution in [0.3, 0.4) is 0 Å². The molecule has 0 aromatic heterocycles. The molecule has 4 aliphatic heterocycles. The van der Waals surface area contributed by atoms with Gasteiger partial charge < -0.3 is 51.5 Å². The number of methoxy groups -OCH3 is 1. The van der Waals surface area contributed by atoms with Gasteiger partial charge in [-0.1, -0.05) is 253 Å². The Kier molecular flexibility index (Phi) is 26.6. The molecule has 0 saturated carbocycles. The molecule has 8 aromatic rings. The summed E-state index contributed by atoms with van der Waals surface area (Å²) in [6.07, 6.45) is -2.37. The van der Waals surface area contributed by atoms with Crippen molar-refractivity contribution in [3.05, 3.63) is 217 Å². The number of fused-ring (bicyclic) bond motifs is 3. The molecular formula is C90H116O12S2Si2. The third-order valence-electron chi connectivity index (χ3n) is 23.6. The summed E-state index contributed by atoms with van der Waals surface area (Å²) in [4.78, 5) is 18.6. The topological polar surface area (TPSA) is 119 Å². The molecule has 12 nitrogen and oxygen atoms in total. The van der Waals surface area contributed by atoms with Crippen molar-refractivity contribution in [2.24, 2.45) is 23.7 Å². The van der Waals surface area contributed by atoms with Crippen LogP contribution in [0.1, 0.15) is 140 Å². The van der Waals surface area contributed by atoms with Crippen LogP contribution in [0.25, 0.3) is 21.5 Å². The van der Waals surface area contributed by atoms with Crippen molar-refractivity contribution in [3.8, 4) is 0 Å². The van der Waals surface area contributed by atoms with Crippen molar-refractivity contribution in [2.45, 2.75) is 245 Å². The molecule has 12 rings (SSSR count). The summed E-state index contributed by atoms with van der Waals surface area (Å²) >= 11 is 3.63. The van der Waals surface area contributed by atoms with E-state index < -0.39 is 82.6 Å². The first kappa shape index (κ1) is 80.0. The number of rotatable bonds is 29. The van der Waals surface area contributed by atoms with Crippen LogP contribution >= 0.6 is 23.5 Å². The van der Waals surface area contributed by atoms with E-state index in [2.05, 4.69) is 296 Å². The molecule has 4 aliphatic rings. The minimum Gasteiger partial charge on any atom is -0.459 e. The van der Waals surface area contributed by atoms with Gasteiger partial charge in [0.15, 0.2) is 5.79 Å². The first-order valence-corrected chi connectivity index (χ1v) is 44.7. The fraction of sp³-hybridized carbons (Fsp3) is 0.500. The Morgan fingerprint density at radius 2 is 1.14 bits per heavy atom. The van der Waals surface area contributed by atoms with Gasteiger partial charge in [-0.2, -0.15) is 0 Å². The van der Waals surface area contributed by atoms with Gasteiger partial charge in [0.05, 0.1) is 79.7 Å². The molecule has 8 aromatic carbocycles. The fourth-order valence-corrected chi connectivity index (χ4v) is 30.9. The summed E-state index contributed by atoms with van der Waals surface area (Å²) in [7, 11) is -4.10. The highest BCUT2D eigenvalue weighted by atomic mass is 32.2. The van der Waals surface area contributed by atoms with E-state index in [0.29, 0.717) is 51.9 Å². The Labute approximate surface area is 643 Å². The number of ether oxygens (including phenoxy) is 9. The lowest BCUT2D eigenvalue weighted by atomic mass is 9.75. The Balaban J connectivity index is 0.909. The highest BCUT2D eigenvalue weighted by Gasteiger charge is 2.61. The smallest absolute Gasteiger partial charge is 0.311 e. The van der Waals surface area contributed by atoms with E-state index in [4.69, 9.17) is 51.5 Å². The van der Waals surface area contributed by atoms with Crippen molar-refractivity contribution in [1.29, 1.82) is 0 Å². The Morgan fingerprint density at radius 3 is 1.68 bits per heavy atom. The lowest BCUT2D eigenvalue weighted by Gasteiger charge is -2.55. The van der Waals surface area contributed by atoms with E-state index in [1.165, 1.54) is 21.1 Å². The van der Waals surface area contributed by atoms with Crippen molar-refractivity contribution >= 4 is 78.0 Å². The summed E-state index contributed by atoms with van der Waals surface area (Å²) in [6.45, 7) is 33.3. The quantitative estimate of drug-likeness (QED) is 0.0191. The minimum absolute atomic E-state index is 0.00558. The van der Waals surface area contributed by atoms with Crippen LogP contribution in [0.5, 0.6) is 0 Å². The van der Waals surface area contributed by atoms with Gasteiger partial charge in [-0.25, -0.2) is 0 Å². The first-order chi connectivity index (χ1) is 50.9. The maximum absolute atomic E-state index is 16.3. The van der Waals surface area contributed by atoms with Crippen LogP contribution in [0, 0.1) is 23.7 Å². The van der Waals surface area contributed by atoms with Crippen LogP contribution < -0.4 is 10.4 Å². The predicted molar refractivity (Wildman–Crippen MR) is 435 cm³/mol. The third-order valence-corrected chi connectivity index (χ3v) is 37.2. The highest BCUT2D eigenvalue weighted by Crippen LogP contribution is 2.52. The molecule has 15 atom stereocenters. The second kappa shape index (κ2) is 35.2. The largest absolute Gasteiger partial charge is 0.459 e. The van der Waals surface area contributed by atoms with Gasteiger partial charge in [0, 0.05) is 35.7 Å². The zero-order chi connectivity index (χ0) is 75.0. The molecule has 0 radical (unpaired) electrons. The lowest BCUT2D eigenvalue weighted by molar-refractivity contribution is -0.347. The number of thioether (sulfide) groups is 2. The van der Waals surface area contributed by atoms with Crippen molar-refractivity contribution < 1.29 is 56.3 Å². The molecule has 4 heterocycles. The fourth-order valence-electron chi connectivity index (χ4n) is 17.9. The van der Waals surface area contributed by atoms with Crippen molar-refractivity contribution in [3.63, 3.8) is 0 Å². The second-order valence-electron chi connectivity index (χ2n) is 32.8. The summed E-state index contributed by atoms with van der Waals surface area (Å²) < 4.78 is 80.6. The number of carbonyl (C=O) groups excluding carboxylic acids is 1. The van der Waals surface area contributed by atoms with Gasteiger partial charge in [-0.15, -0.1) is 23.5 Å². The Morgan fingerprint density at radius 1 is 0.613 bits per heavy atom. The SMILES string of the molecule is COCO[C@@H]1[C@@H](C)[C@H](C)[C@@]2(C[C@H](OCc3ccc4ccccc4c3)CO2)O[C@H]1[C@@H](OCc1ccc2ccccc2c1)[C@H](C)C(=O)O[C@H]1C[C@@H](C)C[C@H]2O[C@@](C)(CO[Si](c3ccccc3)(c3ccccc3)C(C)(C)C)[C@H](O[Si](C(C)C)(C(C)C)C(C)C)C[C@@H]2O[C@@H]1CC(Sc1ccccc1)Sc1ccccc1. The minimum atomic E-state index is -3.09. The predicted octanol–water partition coefficient (Wildman–Crippen LogP) is 20.0. The van der Waals surface area contributed by atoms with Crippen LogP contribution in [0.4, 0.5) is 0 Å². The molecule has 4 saturated heterocycles. The summed E-state index contributed by atoms with van der Waals surface area (Å²) in [6, 6.07) is 72.7. The van der Waals surface area contributed by atoms with Gasteiger partial charge in [0.2, 0.25) is 8.32 Å². The van der Waals surface area contributed by atoms with Crippen LogP contribution in [-0.2, 0) is 69.5 Å². The maximum Gasteiger partial charge on any atom is 0.311 e. The van der Waals surface area contributed by atoms with E-state index >= 15 is 4.79 Å². The zero-order valence-corrected chi connectivity index (χ0v) is 68.9. The summed E-state index contributed by atoms with van der Waals surface area (Å²) in [5.74, 6) is -2.70. The molecular weight excluding hydrogens is 1390 g/mol. The second-order valence-corrected chi connectivity index (χ2v) is 45.4. The molecule has 16 heteroatoms. The molecule has 4 fully saturated rings. The maximum atomic E-state index is 16.3. The van der Waals surface area contributed by atoms with Gasteiger partial charge in [-0.3, -0.25) is 4.79 Å². The number of hydrogen-bond acceptors (Lipinski definition) is 14. The van der Waals surface area contributed by atoms with Gasteiger partial charge in [0.25, 0.3) is 8.32 Å². The van der Waals surface area contributed by atoms with Gasteiger partial charge in [-0.05, 0) is 146 Å². The lowest BCUT2D eigenvalue weighted by Crippen LogP contribution is -2.70. The molecule has 0 bridgehead atoms.